The Morgan fingerprint density at radius 1 is 1.06 bits per heavy atom. The van der Waals surface area contributed by atoms with Crippen molar-refractivity contribution in [2.24, 2.45) is 7.05 Å². The van der Waals surface area contributed by atoms with E-state index >= 15 is 0 Å². The van der Waals surface area contributed by atoms with Crippen LogP contribution >= 0.6 is 15.9 Å². The molecule has 0 aliphatic rings. The van der Waals surface area contributed by atoms with E-state index in [1.54, 1.807) is 16.2 Å². The highest BCUT2D eigenvalue weighted by Gasteiger charge is 2.21. The van der Waals surface area contributed by atoms with E-state index in [9.17, 15) is 4.79 Å². The maximum absolute atomic E-state index is 13.4. The molecule has 1 aromatic carbocycles. The molecule has 182 valence electrons. The monoisotopic (exact) mass is 536 g/mol. The van der Waals surface area contributed by atoms with E-state index in [1.807, 2.05) is 57.6 Å². The summed E-state index contributed by atoms with van der Waals surface area (Å²) >= 11 is 3.41. The molecule has 0 saturated carbocycles. The minimum absolute atomic E-state index is 0.177. The van der Waals surface area contributed by atoms with Gasteiger partial charge in [-0.3, -0.25) is 14.0 Å². The summed E-state index contributed by atoms with van der Waals surface area (Å²) < 4.78 is 9.36. The molecule has 0 spiro atoms. The van der Waals surface area contributed by atoms with Crippen LogP contribution in [-0.2, 0) is 19.1 Å². The second kappa shape index (κ2) is 9.37. The Balaban J connectivity index is 1.76. The zero-order valence-electron chi connectivity index (χ0n) is 21.0. The van der Waals surface area contributed by atoms with Crippen LogP contribution in [0.15, 0.2) is 45.9 Å². The van der Waals surface area contributed by atoms with Gasteiger partial charge in [-0.25, -0.2) is 9.97 Å². The van der Waals surface area contributed by atoms with Crippen LogP contribution in [0, 0.1) is 20.8 Å². The van der Waals surface area contributed by atoms with Crippen LogP contribution in [0.5, 0.6) is 5.88 Å². The molecule has 8 nitrogen and oxygen atoms in total. The summed E-state index contributed by atoms with van der Waals surface area (Å²) in [6.07, 6.45) is 3.69. The molecule has 9 heteroatoms. The third-order valence-electron chi connectivity index (χ3n) is 5.66. The topological polar surface area (TPSA) is 87.7 Å². The molecule has 0 amide bonds. The standard InChI is InChI=1S/C26H29BrN6O2/c1-15-8-9-18(22-16(2)13-28-25(30-22)26(4,5)6)12-20(15)33-17(3)29-23(21(27)24(33)34)35-14-19-10-11-32(7)31-19/h8-13H,14H2,1-7H3. The van der Waals surface area contributed by atoms with Gasteiger partial charge in [0.15, 0.2) is 0 Å². The molecule has 0 fully saturated rings. The molecular formula is C26H29BrN6O2. The highest BCUT2D eigenvalue weighted by atomic mass is 79.9. The fourth-order valence-electron chi connectivity index (χ4n) is 3.74. The first-order valence-corrected chi connectivity index (χ1v) is 12.1. The number of hydrogen-bond acceptors (Lipinski definition) is 6. The van der Waals surface area contributed by atoms with Crippen LogP contribution in [0.3, 0.4) is 0 Å². The first kappa shape index (κ1) is 24.8. The summed E-state index contributed by atoms with van der Waals surface area (Å²) in [4.78, 5) is 27.4. The van der Waals surface area contributed by atoms with Crippen molar-refractivity contribution in [2.75, 3.05) is 0 Å². The van der Waals surface area contributed by atoms with Crippen LogP contribution in [0.4, 0.5) is 0 Å². The van der Waals surface area contributed by atoms with Crippen molar-refractivity contribution < 1.29 is 4.74 Å². The van der Waals surface area contributed by atoms with Crippen molar-refractivity contribution in [3.63, 3.8) is 0 Å². The minimum Gasteiger partial charge on any atom is -0.470 e. The summed E-state index contributed by atoms with van der Waals surface area (Å²) in [6.45, 7) is 12.2. The number of aryl methyl sites for hydroxylation is 4. The zero-order chi connectivity index (χ0) is 25.5. The van der Waals surface area contributed by atoms with Gasteiger partial charge in [0.05, 0.1) is 17.1 Å². The average Bonchev–Trinajstić information content (AvgIpc) is 3.21. The third kappa shape index (κ3) is 5.05. The predicted octanol–water partition coefficient (Wildman–Crippen LogP) is 4.99. The summed E-state index contributed by atoms with van der Waals surface area (Å²) in [5, 5.41) is 4.30. The second-order valence-corrected chi connectivity index (χ2v) is 10.5. The Bertz CT molecular complexity index is 1470. The third-order valence-corrected chi connectivity index (χ3v) is 6.34. The van der Waals surface area contributed by atoms with Gasteiger partial charge >= 0.3 is 0 Å². The Morgan fingerprint density at radius 2 is 1.80 bits per heavy atom. The van der Waals surface area contributed by atoms with E-state index in [1.165, 1.54) is 0 Å². The second-order valence-electron chi connectivity index (χ2n) is 9.66. The van der Waals surface area contributed by atoms with Crippen molar-refractivity contribution in [1.82, 2.24) is 29.3 Å². The van der Waals surface area contributed by atoms with Crippen molar-refractivity contribution in [1.29, 1.82) is 0 Å². The average molecular weight is 537 g/mol. The SMILES string of the molecule is Cc1ccc(-c2nc(C(C)(C)C)ncc2C)cc1-n1c(C)nc(OCc2ccn(C)n2)c(Br)c1=O. The fourth-order valence-corrected chi connectivity index (χ4v) is 4.12. The number of nitrogens with zero attached hydrogens (tertiary/aromatic N) is 6. The molecule has 4 rings (SSSR count). The Hall–Kier alpha value is -3.33. The lowest BCUT2D eigenvalue weighted by Crippen LogP contribution is -2.24. The molecule has 0 aliphatic heterocycles. The molecule has 0 saturated heterocycles. The smallest absolute Gasteiger partial charge is 0.276 e. The van der Waals surface area contributed by atoms with Crippen molar-refractivity contribution in [3.8, 4) is 22.8 Å². The molecule has 3 heterocycles. The molecule has 0 N–H and O–H groups in total. The van der Waals surface area contributed by atoms with Crippen LogP contribution in [0.1, 0.15) is 49.2 Å². The fraction of sp³-hybridized carbons (Fsp3) is 0.346. The van der Waals surface area contributed by atoms with Gasteiger partial charge < -0.3 is 4.74 Å². The normalized spacial score (nSPS) is 11.7. The predicted molar refractivity (Wildman–Crippen MR) is 139 cm³/mol. The van der Waals surface area contributed by atoms with E-state index < -0.39 is 0 Å². The van der Waals surface area contributed by atoms with Crippen LogP contribution < -0.4 is 10.3 Å². The lowest BCUT2D eigenvalue weighted by atomic mass is 9.95. The van der Waals surface area contributed by atoms with Gasteiger partial charge in [0.2, 0.25) is 5.88 Å². The first-order valence-electron chi connectivity index (χ1n) is 11.3. The molecular weight excluding hydrogens is 508 g/mol. The van der Waals surface area contributed by atoms with Gasteiger partial charge in [0.1, 0.15) is 22.7 Å². The highest BCUT2D eigenvalue weighted by molar-refractivity contribution is 9.10. The van der Waals surface area contributed by atoms with E-state index in [4.69, 9.17) is 9.72 Å². The largest absolute Gasteiger partial charge is 0.470 e. The summed E-state index contributed by atoms with van der Waals surface area (Å²) in [6, 6.07) is 7.85. The number of halogens is 1. The highest BCUT2D eigenvalue weighted by Crippen LogP contribution is 2.29. The summed E-state index contributed by atoms with van der Waals surface area (Å²) in [5.74, 6) is 1.53. The van der Waals surface area contributed by atoms with Crippen LogP contribution in [-0.4, -0.2) is 29.3 Å². The minimum atomic E-state index is -0.247. The lowest BCUT2D eigenvalue weighted by Gasteiger charge is -2.19. The van der Waals surface area contributed by atoms with Gasteiger partial charge in [-0.15, -0.1) is 0 Å². The number of aromatic nitrogens is 6. The molecule has 35 heavy (non-hydrogen) atoms. The molecule has 0 atom stereocenters. The van der Waals surface area contributed by atoms with Gasteiger partial charge in [-0.05, 0) is 60.0 Å². The number of benzene rings is 1. The van der Waals surface area contributed by atoms with Gasteiger partial charge in [-0.1, -0.05) is 32.9 Å². The van der Waals surface area contributed by atoms with Gasteiger partial charge in [0.25, 0.3) is 5.56 Å². The Morgan fingerprint density at radius 3 is 2.46 bits per heavy atom. The van der Waals surface area contributed by atoms with E-state index in [0.29, 0.717) is 5.82 Å². The maximum atomic E-state index is 13.4. The van der Waals surface area contributed by atoms with E-state index in [-0.39, 0.29) is 27.9 Å². The van der Waals surface area contributed by atoms with E-state index in [2.05, 4.69) is 51.8 Å². The van der Waals surface area contributed by atoms with Crippen molar-refractivity contribution >= 4 is 15.9 Å². The van der Waals surface area contributed by atoms with Crippen LogP contribution in [0.25, 0.3) is 16.9 Å². The Labute approximate surface area is 213 Å². The molecule has 0 bridgehead atoms. The first-order chi connectivity index (χ1) is 16.5. The van der Waals surface area contributed by atoms with E-state index in [0.717, 1.165) is 39.6 Å². The molecule has 4 aromatic rings. The lowest BCUT2D eigenvalue weighted by molar-refractivity contribution is 0.283. The Kier molecular flexibility index (Phi) is 6.64. The zero-order valence-corrected chi connectivity index (χ0v) is 22.6. The summed E-state index contributed by atoms with van der Waals surface area (Å²) in [7, 11) is 1.84. The van der Waals surface area contributed by atoms with Gasteiger partial charge in [0, 0.05) is 30.4 Å². The quantitative estimate of drug-likeness (QED) is 0.357. The molecule has 0 radical (unpaired) electrons. The molecule has 0 aliphatic carbocycles. The number of rotatable bonds is 5. The molecule has 3 aromatic heterocycles. The maximum Gasteiger partial charge on any atom is 0.276 e. The van der Waals surface area contributed by atoms with Crippen molar-refractivity contribution in [3.05, 3.63) is 80.0 Å². The number of ether oxygens (including phenoxy) is 1. The summed E-state index contributed by atoms with van der Waals surface area (Å²) in [5.41, 5.74) is 4.73. The van der Waals surface area contributed by atoms with Crippen LogP contribution in [0.2, 0.25) is 0 Å². The number of hydrogen-bond donors (Lipinski definition) is 0. The molecule has 0 unspecified atom stereocenters. The van der Waals surface area contributed by atoms with Gasteiger partial charge in [-0.2, -0.15) is 10.1 Å². The van der Waals surface area contributed by atoms with Crippen molar-refractivity contribution in [2.45, 2.75) is 53.6 Å².